The number of imide groups is 1. The number of nitrogens with zero attached hydrogens (tertiary/aromatic N) is 3. The number of carbonyl (C=O) groups excluding carboxylic acids is 3. The van der Waals surface area contributed by atoms with E-state index in [1.807, 2.05) is 4.90 Å². The second-order valence-corrected chi connectivity index (χ2v) is 7.51. The van der Waals surface area contributed by atoms with Crippen LogP contribution in [0.1, 0.15) is 18.4 Å². The Morgan fingerprint density at radius 1 is 1.28 bits per heavy atom. The van der Waals surface area contributed by atoms with Crippen molar-refractivity contribution in [2.45, 2.75) is 24.6 Å². The third-order valence-corrected chi connectivity index (χ3v) is 5.32. The SMILES string of the molecule is N/C=C\C=N/CN1CCC2(CC1)NC(=O)N(CC(=O)Nc1cccc(C(F)(F)F)c1)C2=O. The molecule has 0 bridgehead atoms. The molecule has 12 heteroatoms. The number of hydrogen-bond donors (Lipinski definition) is 3. The number of rotatable bonds is 6. The molecule has 0 radical (unpaired) electrons. The van der Waals surface area contributed by atoms with Gasteiger partial charge in [-0.1, -0.05) is 6.07 Å². The van der Waals surface area contributed by atoms with Crippen LogP contribution < -0.4 is 16.4 Å². The fourth-order valence-corrected chi connectivity index (χ4v) is 3.63. The van der Waals surface area contributed by atoms with Gasteiger partial charge >= 0.3 is 12.2 Å². The Morgan fingerprint density at radius 2 is 2.00 bits per heavy atom. The van der Waals surface area contributed by atoms with Gasteiger partial charge in [-0.2, -0.15) is 13.2 Å². The van der Waals surface area contributed by atoms with E-state index in [0.29, 0.717) is 32.6 Å². The first-order valence-corrected chi connectivity index (χ1v) is 9.85. The number of likely N-dealkylation sites (tertiary alicyclic amines) is 1. The maximum absolute atomic E-state index is 12.9. The van der Waals surface area contributed by atoms with Gasteiger partial charge in [-0.05, 0) is 43.3 Å². The molecule has 2 aliphatic rings. The van der Waals surface area contributed by atoms with Gasteiger partial charge in [-0.25, -0.2) is 4.79 Å². The Hall–Kier alpha value is -3.41. The summed E-state index contributed by atoms with van der Waals surface area (Å²) >= 11 is 0. The van der Waals surface area contributed by atoms with Crippen molar-refractivity contribution >= 4 is 29.7 Å². The molecule has 1 aromatic rings. The molecule has 0 atom stereocenters. The summed E-state index contributed by atoms with van der Waals surface area (Å²) < 4.78 is 38.5. The molecule has 1 aromatic carbocycles. The van der Waals surface area contributed by atoms with Gasteiger partial charge in [0.05, 0.1) is 12.2 Å². The Labute approximate surface area is 182 Å². The molecule has 0 aromatic heterocycles. The van der Waals surface area contributed by atoms with E-state index in [4.69, 9.17) is 5.73 Å². The molecule has 172 valence electrons. The lowest BCUT2D eigenvalue weighted by Crippen LogP contribution is -2.55. The molecular weight excluding hydrogens is 429 g/mol. The average Bonchev–Trinajstić information content (AvgIpc) is 2.96. The van der Waals surface area contributed by atoms with Crippen LogP contribution in [-0.2, 0) is 15.8 Å². The number of carbonyl (C=O) groups is 3. The van der Waals surface area contributed by atoms with Crippen LogP contribution in [0.2, 0.25) is 0 Å². The van der Waals surface area contributed by atoms with E-state index in [1.54, 1.807) is 12.3 Å². The van der Waals surface area contributed by atoms with Gasteiger partial charge in [0.25, 0.3) is 5.91 Å². The monoisotopic (exact) mass is 452 g/mol. The first kappa shape index (κ1) is 23.3. The fraction of sp³-hybridized carbons (Fsp3) is 0.400. The van der Waals surface area contributed by atoms with Crippen LogP contribution in [-0.4, -0.2) is 65.7 Å². The predicted molar refractivity (Wildman–Crippen MR) is 111 cm³/mol. The largest absolute Gasteiger partial charge is 0.416 e. The van der Waals surface area contributed by atoms with Gasteiger partial charge in [0, 0.05) is 25.0 Å². The highest BCUT2D eigenvalue weighted by Gasteiger charge is 2.52. The number of benzene rings is 1. The van der Waals surface area contributed by atoms with Crippen molar-refractivity contribution in [3.8, 4) is 0 Å². The van der Waals surface area contributed by atoms with Crippen LogP contribution in [0.3, 0.4) is 0 Å². The van der Waals surface area contributed by atoms with Crippen molar-refractivity contribution in [3.63, 3.8) is 0 Å². The van der Waals surface area contributed by atoms with Crippen LogP contribution in [0, 0.1) is 0 Å². The number of allylic oxidation sites excluding steroid dienone is 1. The number of halogens is 3. The van der Waals surface area contributed by atoms with Crippen molar-refractivity contribution in [1.82, 2.24) is 15.1 Å². The van der Waals surface area contributed by atoms with Crippen LogP contribution >= 0.6 is 0 Å². The average molecular weight is 452 g/mol. The highest BCUT2D eigenvalue weighted by molar-refractivity contribution is 6.10. The number of amides is 4. The van der Waals surface area contributed by atoms with Gasteiger partial charge in [-0.3, -0.25) is 24.4 Å². The van der Waals surface area contributed by atoms with E-state index in [-0.39, 0.29) is 5.69 Å². The zero-order chi connectivity index (χ0) is 23.4. The molecule has 2 aliphatic heterocycles. The first-order valence-electron chi connectivity index (χ1n) is 9.85. The molecule has 32 heavy (non-hydrogen) atoms. The Morgan fingerprint density at radius 3 is 2.66 bits per heavy atom. The molecule has 0 unspecified atom stereocenters. The third kappa shape index (κ3) is 5.25. The second kappa shape index (κ2) is 9.39. The first-order chi connectivity index (χ1) is 15.1. The lowest BCUT2D eigenvalue weighted by Gasteiger charge is -2.36. The third-order valence-electron chi connectivity index (χ3n) is 5.32. The van der Waals surface area contributed by atoms with E-state index in [9.17, 15) is 27.6 Å². The van der Waals surface area contributed by atoms with Crippen molar-refractivity contribution in [2.24, 2.45) is 10.7 Å². The van der Waals surface area contributed by atoms with Crippen LogP contribution in [0.15, 0.2) is 41.5 Å². The maximum Gasteiger partial charge on any atom is 0.416 e. The molecule has 2 heterocycles. The highest BCUT2D eigenvalue weighted by atomic mass is 19.4. The van der Waals surface area contributed by atoms with E-state index >= 15 is 0 Å². The number of anilines is 1. The van der Waals surface area contributed by atoms with E-state index < -0.39 is 41.7 Å². The van der Waals surface area contributed by atoms with Gasteiger partial charge in [0.15, 0.2) is 0 Å². The summed E-state index contributed by atoms with van der Waals surface area (Å²) in [5.41, 5.74) is 3.14. The molecule has 1 spiro atoms. The number of nitrogens with one attached hydrogen (secondary N) is 2. The molecule has 0 saturated carbocycles. The zero-order valence-corrected chi connectivity index (χ0v) is 17.1. The maximum atomic E-state index is 12.9. The molecule has 4 amide bonds. The van der Waals surface area contributed by atoms with E-state index in [0.717, 1.165) is 23.1 Å². The molecule has 9 nitrogen and oxygen atoms in total. The summed E-state index contributed by atoms with van der Waals surface area (Å²) in [6, 6.07) is 3.41. The molecule has 4 N–H and O–H groups in total. The van der Waals surface area contributed by atoms with Gasteiger partial charge in [-0.15, -0.1) is 0 Å². The second-order valence-electron chi connectivity index (χ2n) is 7.51. The highest BCUT2D eigenvalue weighted by Crippen LogP contribution is 2.31. The van der Waals surface area contributed by atoms with Crippen LogP contribution in [0.5, 0.6) is 0 Å². The standard InChI is InChI=1S/C20H23F3N6O3/c21-20(22,23)14-3-1-4-15(11-14)26-16(30)12-29-17(31)19(27-18(29)32)5-9-28(10-6-19)13-25-8-2-7-24/h1-4,7-8,11H,5-6,9-10,12-13,24H2,(H,26,30)(H,27,32)/b7-2-,25-8-. The quantitative estimate of drug-likeness (QED) is 0.447. The van der Waals surface area contributed by atoms with Crippen LogP contribution in [0.4, 0.5) is 23.7 Å². The van der Waals surface area contributed by atoms with Crippen molar-refractivity contribution in [3.05, 3.63) is 42.1 Å². The number of aliphatic imine (C=N–C) groups is 1. The minimum absolute atomic E-state index is 0.0788. The summed E-state index contributed by atoms with van der Waals surface area (Å²) in [6.07, 6.45) is 0.668. The fourth-order valence-electron chi connectivity index (χ4n) is 3.63. The summed E-state index contributed by atoms with van der Waals surface area (Å²) in [6.45, 7) is 0.855. The number of alkyl halides is 3. The van der Waals surface area contributed by atoms with Crippen LogP contribution in [0.25, 0.3) is 0 Å². The summed E-state index contributed by atoms with van der Waals surface area (Å²) in [5.74, 6) is -1.29. The normalized spacial score (nSPS) is 19.3. The van der Waals surface area contributed by atoms with Gasteiger partial charge < -0.3 is 16.4 Å². The summed E-state index contributed by atoms with van der Waals surface area (Å²) in [7, 11) is 0. The molecule has 3 rings (SSSR count). The molecule has 2 saturated heterocycles. The number of hydrogen-bond acceptors (Lipinski definition) is 6. The topological polar surface area (TPSA) is 120 Å². The minimum atomic E-state index is -4.56. The van der Waals surface area contributed by atoms with Crippen molar-refractivity contribution < 1.29 is 27.6 Å². The Bertz CT molecular complexity index is 939. The van der Waals surface area contributed by atoms with E-state index in [2.05, 4.69) is 15.6 Å². The smallest absolute Gasteiger partial charge is 0.405 e. The summed E-state index contributed by atoms with van der Waals surface area (Å²) in [5, 5.41) is 4.98. The number of piperidine rings is 1. The molecular formula is C20H23F3N6O3. The van der Waals surface area contributed by atoms with E-state index in [1.165, 1.54) is 12.3 Å². The van der Waals surface area contributed by atoms with Gasteiger partial charge in [0.2, 0.25) is 5.91 Å². The Balaban J connectivity index is 1.58. The lowest BCUT2D eigenvalue weighted by atomic mass is 9.87. The molecule has 2 fully saturated rings. The lowest BCUT2D eigenvalue weighted by molar-refractivity contribution is -0.137. The van der Waals surface area contributed by atoms with Crippen molar-refractivity contribution in [1.29, 1.82) is 0 Å². The summed E-state index contributed by atoms with van der Waals surface area (Å²) in [4.78, 5) is 44.6. The number of nitrogens with two attached hydrogens (primary N) is 1. The van der Waals surface area contributed by atoms with Crippen molar-refractivity contribution in [2.75, 3.05) is 31.6 Å². The predicted octanol–water partition coefficient (Wildman–Crippen LogP) is 1.53. The minimum Gasteiger partial charge on any atom is -0.405 e. The Kier molecular flexibility index (Phi) is 6.82. The molecule has 0 aliphatic carbocycles. The number of urea groups is 1. The zero-order valence-electron chi connectivity index (χ0n) is 17.1. The van der Waals surface area contributed by atoms with Gasteiger partial charge in [0.1, 0.15) is 12.1 Å².